The van der Waals surface area contributed by atoms with Gasteiger partial charge in [-0.05, 0) is 48.1 Å². The lowest BCUT2D eigenvalue weighted by atomic mass is 10.1. The lowest BCUT2D eigenvalue weighted by molar-refractivity contribution is 0.350. The van der Waals surface area contributed by atoms with Crippen LogP contribution in [0, 0.1) is 17.8 Å². The molecule has 6 heteroatoms. The van der Waals surface area contributed by atoms with Crippen LogP contribution in [0.3, 0.4) is 0 Å². The molecule has 0 amide bonds. The molecule has 0 aromatic heterocycles. The summed E-state index contributed by atoms with van der Waals surface area (Å²) in [7, 11) is -3.44. The van der Waals surface area contributed by atoms with Crippen molar-refractivity contribution in [2.75, 3.05) is 24.7 Å². The van der Waals surface area contributed by atoms with Crippen LogP contribution in [0.1, 0.15) is 12.0 Å². The number of aliphatic hydroxyl groups is 1. The first-order chi connectivity index (χ1) is 9.62. The molecule has 1 fully saturated rings. The average molecular weight is 311 g/mol. The van der Waals surface area contributed by atoms with Gasteiger partial charge in [0.05, 0.1) is 4.90 Å². The number of thioether (sulfide) groups is 1. The Morgan fingerprint density at radius 3 is 2.70 bits per heavy atom. The van der Waals surface area contributed by atoms with Gasteiger partial charge in [-0.25, -0.2) is 13.1 Å². The van der Waals surface area contributed by atoms with Gasteiger partial charge >= 0.3 is 0 Å². The van der Waals surface area contributed by atoms with Crippen LogP contribution in [0.15, 0.2) is 29.2 Å². The van der Waals surface area contributed by atoms with Crippen LogP contribution in [0.2, 0.25) is 0 Å². The smallest absolute Gasteiger partial charge is 0.240 e. The molecule has 1 aliphatic heterocycles. The fourth-order valence-electron chi connectivity index (χ4n) is 1.91. The Hall–Kier alpha value is -1.00. The number of benzene rings is 1. The van der Waals surface area contributed by atoms with Crippen molar-refractivity contribution in [3.05, 3.63) is 29.8 Å². The van der Waals surface area contributed by atoms with Gasteiger partial charge in [-0.2, -0.15) is 11.8 Å². The lowest BCUT2D eigenvalue weighted by Crippen LogP contribution is -2.29. The van der Waals surface area contributed by atoms with Crippen LogP contribution in [-0.4, -0.2) is 38.2 Å². The summed E-state index contributed by atoms with van der Waals surface area (Å²) < 4.78 is 26.9. The summed E-state index contributed by atoms with van der Waals surface area (Å²) in [5.74, 6) is 7.83. The summed E-state index contributed by atoms with van der Waals surface area (Å²) in [6, 6.07) is 6.35. The van der Waals surface area contributed by atoms with E-state index in [2.05, 4.69) is 16.6 Å². The van der Waals surface area contributed by atoms with E-state index >= 15 is 0 Å². The molecule has 20 heavy (non-hydrogen) atoms. The SMILES string of the molecule is O=S(=O)(NCC1CCSC1)c1ccc(C#CCO)cc1. The first-order valence-corrected chi connectivity index (χ1v) is 9.03. The Morgan fingerprint density at radius 1 is 1.35 bits per heavy atom. The van der Waals surface area contributed by atoms with Crippen molar-refractivity contribution in [2.45, 2.75) is 11.3 Å². The van der Waals surface area contributed by atoms with E-state index in [0.717, 1.165) is 17.9 Å². The first-order valence-electron chi connectivity index (χ1n) is 6.39. The summed E-state index contributed by atoms with van der Waals surface area (Å²) in [5.41, 5.74) is 0.685. The summed E-state index contributed by atoms with van der Waals surface area (Å²) in [5, 5.41) is 8.60. The number of hydrogen-bond acceptors (Lipinski definition) is 4. The summed E-state index contributed by atoms with van der Waals surface area (Å²) in [6.45, 7) is 0.294. The van der Waals surface area contributed by atoms with E-state index < -0.39 is 10.0 Å². The Labute approximate surface area is 124 Å². The fraction of sp³-hybridized carbons (Fsp3) is 0.429. The Morgan fingerprint density at radius 2 is 2.10 bits per heavy atom. The molecule has 2 N–H and O–H groups in total. The van der Waals surface area contributed by atoms with Crippen molar-refractivity contribution in [3.63, 3.8) is 0 Å². The predicted octanol–water partition coefficient (Wildman–Crippen LogP) is 1.06. The van der Waals surface area contributed by atoms with E-state index in [9.17, 15) is 8.42 Å². The Balaban J connectivity index is 2.01. The molecule has 1 aromatic rings. The van der Waals surface area contributed by atoms with Gasteiger partial charge < -0.3 is 5.11 Å². The second kappa shape index (κ2) is 7.14. The zero-order valence-electron chi connectivity index (χ0n) is 11.0. The van der Waals surface area contributed by atoms with Gasteiger partial charge in [0.1, 0.15) is 6.61 Å². The second-order valence-corrected chi connectivity index (χ2v) is 7.48. The zero-order chi connectivity index (χ0) is 14.4. The minimum atomic E-state index is -3.44. The van der Waals surface area contributed by atoms with Gasteiger partial charge in [0, 0.05) is 12.1 Å². The number of aliphatic hydroxyl groups excluding tert-OH is 1. The molecule has 1 unspecified atom stereocenters. The van der Waals surface area contributed by atoms with E-state index in [1.807, 2.05) is 11.8 Å². The van der Waals surface area contributed by atoms with Crippen molar-refractivity contribution >= 4 is 21.8 Å². The second-order valence-electron chi connectivity index (χ2n) is 4.57. The maximum absolute atomic E-state index is 12.1. The van der Waals surface area contributed by atoms with E-state index in [1.165, 1.54) is 12.1 Å². The molecule has 1 aromatic carbocycles. The van der Waals surface area contributed by atoms with Gasteiger partial charge in [-0.15, -0.1) is 0 Å². The number of nitrogens with one attached hydrogen (secondary N) is 1. The topological polar surface area (TPSA) is 66.4 Å². The molecule has 1 atom stereocenters. The largest absolute Gasteiger partial charge is 0.384 e. The van der Waals surface area contributed by atoms with Crippen LogP contribution in [0.4, 0.5) is 0 Å². The highest BCUT2D eigenvalue weighted by molar-refractivity contribution is 7.99. The lowest BCUT2D eigenvalue weighted by Gasteiger charge is -2.10. The Kier molecular flexibility index (Phi) is 5.49. The van der Waals surface area contributed by atoms with Crippen LogP contribution in [0.5, 0.6) is 0 Å². The minimum Gasteiger partial charge on any atom is -0.384 e. The highest BCUT2D eigenvalue weighted by Gasteiger charge is 2.19. The van der Waals surface area contributed by atoms with Crippen LogP contribution in [0.25, 0.3) is 0 Å². The van der Waals surface area contributed by atoms with E-state index in [-0.39, 0.29) is 11.5 Å². The van der Waals surface area contributed by atoms with E-state index in [4.69, 9.17) is 5.11 Å². The van der Waals surface area contributed by atoms with E-state index in [0.29, 0.717) is 18.0 Å². The molecule has 0 bridgehead atoms. The third kappa shape index (κ3) is 4.25. The molecule has 0 radical (unpaired) electrons. The minimum absolute atomic E-state index is 0.207. The highest BCUT2D eigenvalue weighted by Crippen LogP contribution is 2.23. The van der Waals surface area contributed by atoms with Crippen LogP contribution >= 0.6 is 11.8 Å². The normalized spacial score (nSPS) is 18.6. The number of rotatable bonds is 4. The third-order valence-corrected chi connectivity index (χ3v) is 5.73. The molecule has 4 nitrogen and oxygen atoms in total. The van der Waals surface area contributed by atoms with Gasteiger partial charge in [0.2, 0.25) is 10.0 Å². The quantitative estimate of drug-likeness (QED) is 0.816. The monoisotopic (exact) mass is 311 g/mol. The molecule has 1 heterocycles. The molecule has 0 aliphatic carbocycles. The standard InChI is InChI=1S/C14H17NO3S2/c16-8-1-2-12-3-5-14(6-4-12)20(17,18)15-10-13-7-9-19-11-13/h3-6,13,15-16H,7-11H2. The van der Waals surface area contributed by atoms with Crippen molar-refractivity contribution in [2.24, 2.45) is 5.92 Å². The summed E-state index contributed by atoms with van der Waals surface area (Å²) in [6.07, 6.45) is 1.07. The molecule has 0 saturated carbocycles. The van der Waals surface area contributed by atoms with Crippen molar-refractivity contribution in [3.8, 4) is 11.8 Å². The third-order valence-electron chi connectivity index (χ3n) is 3.06. The maximum atomic E-state index is 12.1. The molecule has 2 rings (SSSR count). The maximum Gasteiger partial charge on any atom is 0.240 e. The Bertz CT molecular complexity index is 594. The molecule has 1 saturated heterocycles. The van der Waals surface area contributed by atoms with Gasteiger partial charge in [0.15, 0.2) is 0 Å². The van der Waals surface area contributed by atoms with Crippen molar-refractivity contribution in [1.82, 2.24) is 4.72 Å². The number of hydrogen-bond donors (Lipinski definition) is 2. The fourth-order valence-corrected chi connectivity index (χ4v) is 4.31. The molecule has 1 aliphatic rings. The number of sulfonamides is 1. The predicted molar refractivity (Wildman–Crippen MR) is 81.0 cm³/mol. The summed E-state index contributed by atoms with van der Waals surface area (Å²) >= 11 is 1.87. The van der Waals surface area contributed by atoms with Gasteiger partial charge in [-0.1, -0.05) is 11.8 Å². The van der Waals surface area contributed by atoms with Gasteiger partial charge in [0.25, 0.3) is 0 Å². The first kappa shape index (κ1) is 15.4. The van der Waals surface area contributed by atoms with Gasteiger partial charge in [-0.3, -0.25) is 0 Å². The van der Waals surface area contributed by atoms with Crippen LogP contribution < -0.4 is 4.72 Å². The molecule has 108 valence electrons. The van der Waals surface area contributed by atoms with Crippen LogP contribution in [-0.2, 0) is 10.0 Å². The molecular weight excluding hydrogens is 294 g/mol. The molecule has 0 spiro atoms. The van der Waals surface area contributed by atoms with E-state index in [1.54, 1.807) is 12.1 Å². The average Bonchev–Trinajstić information content (AvgIpc) is 2.97. The molecular formula is C14H17NO3S2. The van der Waals surface area contributed by atoms with Crippen molar-refractivity contribution in [1.29, 1.82) is 0 Å². The zero-order valence-corrected chi connectivity index (χ0v) is 12.6. The van der Waals surface area contributed by atoms with Crippen molar-refractivity contribution < 1.29 is 13.5 Å². The highest BCUT2D eigenvalue weighted by atomic mass is 32.2. The summed E-state index contributed by atoms with van der Waals surface area (Å²) in [4.78, 5) is 0.248.